The molecule has 0 bridgehead atoms. The Morgan fingerprint density at radius 3 is 2.41 bits per heavy atom. The van der Waals surface area contributed by atoms with Crippen LogP contribution in [0, 0.1) is 13.8 Å². The molecule has 0 spiro atoms. The predicted molar refractivity (Wildman–Crippen MR) is 108 cm³/mol. The molecule has 0 aromatic heterocycles. The van der Waals surface area contributed by atoms with E-state index in [2.05, 4.69) is 56.3 Å². The molecule has 0 aliphatic carbocycles. The van der Waals surface area contributed by atoms with E-state index >= 15 is 0 Å². The summed E-state index contributed by atoms with van der Waals surface area (Å²) in [5.74, 6) is 0.00488. The maximum Gasteiger partial charge on any atom is 0.303 e. The van der Waals surface area contributed by atoms with Crippen LogP contribution in [-0.2, 0) is 17.8 Å². The van der Waals surface area contributed by atoms with Crippen LogP contribution in [0.4, 0.5) is 0 Å². The van der Waals surface area contributed by atoms with Gasteiger partial charge in [-0.2, -0.15) is 0 Å². The lowest BCUT2D eigenvalue weighted by molar-refractivity contribution is -0.136. The number of hydrogen-bond acceptors (Lipinski definition) is 2. The van der Waals surface area contributed by atoms with Gasteiger partial charge < -0.3 is 9.84 Å². The molecule has 1 N–H and O–H groups in total. The molecule has 3 rings (SSSR count). The van der Waals surface area contributed by atoms with Gasteiger partial charge in [0.05, 0.1) is 0 Å². The van der Waals surface area contributed by atoms with Crippen molar-refractivity contribution in [1.82, 2.24) is 0 Å². The van der Waals surface area contributed by atoms with E-state index in [-0.39, 0.29) is 6.42 Å². The molecule has 3 nitrogen and oxygen atoms in total. The predicted octanol–water partition coefficient (Wildman–Crippen LogP) is 5.57. The zero-order chi connectivity index (χ0) is 19.2. The first-order chi connectivity index (χ1) is 13.0. The topological polar surface area (TPSA) is 46.5 Å². The quantitative estimate of drug-likeness (QED) is 0.599. The second kappa shape index (κ2) is 8.54. The van der Waals surface area contributed by atoms with Gasteiger partial charge in [0.1, 0.15) is 12.4 Å². The molecule has 0 unspecified atom stereocenters. The fourth-order valence-corrected chi connectivity index (χ4v) is 3.06. The minimum atomic E-state index is -0.779. The molecule has 0 amide bonds. The van der Waals surface area contributed by atoms with Gasteiger partial charge in [0.15, 0.2) is 0 Å². The van der Waals surface area contributed by atoms with Crippen molar-refractivity contribution in [3.63, 3.8) is 0 Å². The van der Waals surface area contributed by atoms with Gasteiger partial charge in [-0.05, 0) is 71.8 Å². The summed E-state index contributed by atoms with van der Waals surface area (Å²) >= 11 is 0. The molecule has 0 aliphatic rings. The highest BCUT2D eigenvalue weighted by Crippen LogP contribution is 2.26. The van der Waals surface area contributed by atoms with Crippen LogP contribution < -0.4 is 4.74 Å². The van der Waals surface area contributed by atoms with E-state index in [9.17, 15) is 4.79 Å². The number of hydrogen-bond donors (Lipinski definition) is 1. The second-order valence-corrected chi connectivity index (χ2v) is 6.77. The molecular weight excluding hydrogens is 336 g/mol. The van der Waals surface area contributed by atoms with Crippen molar-refractivity contribution in [3.05, 3.63) is 89.0 Å². The molecule has 3 aromatic carbocycles. The van der Waals surface area contributed by atoms with E-state index in [1.165, 1.54) is 22.3 Å². The Hall–Kier alpha value is -3.07. The van der Waals surface area contributed by atoms with Crippen molar-refractivity contribution >= 4 is 5.97 Å². The first-order valence-corrected chi connectivity index (χ1v) is 9.12. The number of carboxylic acid groups (broad SMARTS) is 1. The van der Waals surface area contributed by atoms with Crippen LogP contribution in [0.15, 0.2) is 66.7 Å². The highest BCUT2D eigenvalue weighted by atomic mass is 16.5. The third kappa shape index (κ3) is 4.98. The Bertz CT molecular complexity index is 927. The summed E-state index contributed by atoms with van der Waals surface area (Å²) in [6, 6.07) is 22.4. The van der Waals surface area contributed by atoms with Crippen molar-refractivity contribution in [1.29, 1.82) is 0 Å². The largest absolute Gasteiger partial charge is 0.489 e. The molecule has 0 saturated heterocycles. The van der Waals surface area contributed by atoms with Gasteiger partial charge in [0, 0.05) is 6.42 Å². The first-order valence-electron chi connectivity index (χ1n) is 9.12. The molecule has 0 heterocycles. The van der Waals surface area contributed by atoms with Crippen molar-refractivity contribution in [2.24, 2.45) is 0 Å². The molecule has 138 valence electrons. The van der Waals surface area contributed by atoms with Crippen LogP contribution in [0.25, 0.3) is 11.1 Å². The van der Waals surface area contributed by atoms with Gasteiger partial charge in [-0.3, -0.25) is 4.79 Å². The molecule has 0 radical (unpaired) electrons. The number of rotatable bonds is 7. The fraction of sp³-hybridized carbons (Fsp3) is 0.208. The Morgan fingerprint density at radius 1 is 0.926 bits per heavy atom. The maximum absolute atomic E-state index is 10.6. The van der Waals surface area contributed by atoms with E-state index < -0.39 is 5.97 Å². The smallest absolute Gasteiger partial charge is 0.303 e. The van der Waals surface area contributed by atoms with E-state index in [0.717, 1.165) is 16.9 Å². The number of carbonyl (C=O) groups is 1. The van der Waals surface area contributed by atoms with E-state index in [1.807, 2.05) is 24.3 Å². The van der Waals surface area contributed by atoms with Crippen molar-refractivity contribution in [2.75, 3.05) is 0 Å². The van der Waals surface area contributed by atoms with Gasteiger partial charge in [-0.1, -0.05) is 48.5 Å². The molecule has 0 fully saturated rings. The van der Waals surface area contributed by atoms with Crippen LogP contribution in [0.5, 0.6) is 5.75 Å². The maximum atomic E-state index is 10.6. The summed E-state index contributed by atoms with van der Waals surface area (Å²) in [6.07, 6.45) is 0.679. The lowest BCUT2D eigenvalue weighted by Crippen LogP contribution is -1.98. The average Bonchev–Trinajstić information content (AvgIpc) is 2.68. The molecule has 27 heavy (non-hydrogen) atoms. The molecular formula is C24H24O3. The zero-order valence-electron chi connectivity index (χ0n) is 15.7. The van der Waals surface area contributed by atoms with Gasteiger partial charge >= 0.3 is 5.97 Å². The van der Waals surface area contributed by atoms with Crippen LogP contribution in [-0.4, -0.2) is 11.1 Å². The minimum absolute atomic E-state index is 0.144. The zero-order valence-corrected chi connectivity index (χ0v) is 15.7. The Kier molecular flexibility index (Phi) is 5.92. The lowest BCUT2D eigenvalue weighted by atomic mass is 9.96. The summed E-state index contributed by atoms with van der Waals surface area (Å²) in [7, 11) is 0. The average molecular weight is 360 g/mol. The van der Waals surface area contributed by atoms with Crippen molar-refractivity contribution < 1.29 is 14.6 Å². The van der Waals surface area contributed by atoms with Crippen molar-refractivity contribution in [2.45, 2.75) is 33.3 Å². The lowest BCUT2D eigenvalue weighted by Gasteiger charge is -2.11. The summed E-state index contributed by atoms with van der Waals surface area (Å²) in [5.41, 5.74) is 7.15. The van der Waals surface area contributed by atoms with Crippen LogP contribution in [0.1, 0.15) is 28.7 Å². The van der Waals surface area contributed by atoms with E-state index in [0.29, 0.717) is 13.0 Å². The number of aryl methyl sites for hydroxylation is 2. The summed E-state index contributed by atoms with van der Waals surface area (Å²) in [5, 5.41) is 8.75. The second-order valence-electron chi connectivity index (χ2n) is 6.77. The standard InChI is InChI=1S/C24H24O3/c1-17-5-3-8-23(18(17)2)21-7-4-6-20(15-21)16-27-22-12-9-19(10-13-22)11-14-24(25)26/h3-10,12-13,15H,11,14,16H2,1-2H3,(H,25,26). The Morgan fingerprint density at radius 2 is 1.67 bits per heavy atom. The molecule has 0 atom stereocenters. The molecule has 0 saturated carbocycles. The molecule has 3 heteroatoms. The molecule has 0 aliphatic heterocycles. The SMILES string of the molecule is Cc1cccc(-c2cccc(COc3ccc(CCC(=O)O)cc3)c2)c1C. The van der Waals surface area contributed by atoms with Gasteiger partial charge in [0.2, 0.25) is 0 Å². The monoisotopic (exact) mass is 360 g/mol. The minimum Gasteiger partial charge on any atom is -0.489 e. The summed E-state index contributed by atoms with van der Waals surface area (Å²) < 4.78 is 5.90. The molecule has 3 aromatic rings. The summed E-state index contributed by atoms with van der Waals surface area (Å²) in [6.45, 7) is 4.78. The van der Waals surface area contributed by atoms with Gasteiger partial charge in [-0.15, -0.1) is 0 Å². The van der Waals surface area contributed by atoms with Gasteiger partial charge in [-0.25, -0.2) is 0 Å². The Balaban J connectivity index is 1.66. The summed E-state index contributed by atoms with van der Waals surface area (Å²) in [4.78, 5) is 10.6. The van der Waals surface area contributed by atoms with E-state index in [4.69, 9.17) is 9.84 Å². The number of carboxylic acids is 1. The Labute approximate surface area is 160 Å². The fourth-order valence-electron chi connectivity index (χ4n) is 3.06. The van der Waals surface area contributed by atoms with Crippen LogP contribution >= 0.6 is 0 Å². The highest BCUT2D eigenvalue weighted by molar-refractivity contribution is 5.69. The number of aliphatic carboxylic acids is 1. The van der Waals surface area contributed by atoms with Crippen LogP contribution in [0.2, 0.25) is 0 Å². The third-order valence-electron chi connectivity index (χ3n) is 4.80. The van der Waals surface area contributed by atoms with Crippen molar-refractivity contribution in [3.8, 4) is 16.9 Å². The van der Waals surface area contributed by atoms with Gasteiger partial charge in [0.25, 0.3) is 0 Å². The van der Waals surface area contributed by atoms with E-state index in [1.54, 1.807) is 0 Å². The number of ether oxygens (including phenoxy) is 1. The normalized spacial score (nSPS) is 10.6. The first kappa shape index (κ1) is 18.7. The van der Waals surface area contributed by atoms with Crippen LogP contribution in [0.3, 0.4) is 0 Å². The third-order valence-corrected chi connectivity index (χ3v) is 4.80. The number of benzene rings is 3. The highest BCUT2D eigenvalue weighted by Gasteiger charge is 2.05.